The lowest BCUT2D eigenvalue weighted by atomic mass is 9.63. The monoisotopic (exact) mass is 2260 g/mol. The Morgan fingerprint density at radius 3 is 1.02 bits per heavy atom. The van der Waals surface area contributed by atoms with Crippen LogP contribution in [0.5, 0.6) is 51.7 Å². The highest BCUT2D eigenvalue weighted by molar-refractivity contribution is 9.11. The Kier molecular flexibility index (Phi) is 41.2. The summed E-state index contributed by atoms with van der Waals surface area (Å²) < 4.78 is 51.2. The lowest BCUT2D eigenvalue weighted by Gasteiger charge is -2.41. The zero-order valence-electron chi connectivity index (χ0n) is 83.7. The molecule has 0 unspecified atom stereocenters. The minimum Gasteiger partial charge on any atom is -0.508 e. The Balaban J connectivity index is 0.000000180. The number of phenols is 1. The van der Waals surface area contributed by atoms with E-state index in [0.717, 1.165) is 84.2 Å². The number of fused-ring (bicyclic) bond motifs is 4. The van der Waals surface area contributed by atoms with E-state index in [1.165, 1.54) is 36.5 Å². The van der Waals surface area contributed by atoms with E-state index in [9.17, 15) is 14.7 Å². The van der Waals surface area contributed by atoms with Crippen LogP contribution in [-0.4, -0.2) is 121 Å². The second-order valence-corrected chi connectivity index (χ2v) is 41.4. The average Bonchev–Trinajstić information content (AvgIpc) is 0.733. The van der Waals surface area contributed by atoms with Crippen molar-refractivity contribution in [3.8, 4) is 51.7 Å². The van der Waals surface area contributed by atoms with Crippen molar-refractivity contribution in [2.24, 2.45) is 0 Å². The van der Waals surface area contributed by atoms with Crippen LogP contribution in [0.1, 0.15) is 165 Å². The van der Waals surface area contributed by atoms with Crippen LogP contribution in [0.3, 0.4) is 0 Å². The van der Waals surface area contributed by atoms with E-state index in [4.69, 9.17) is 58.5 Å². The number of methoxy groups -OCH3 is 2. The molecule has 0 aliphatic carbocycles. The zero-order valence-corrected chi connectivity index (χ0v) is 91.7. The van der Waals surface area contributed by atoms with Crippen LogP contribution in [0.25, 0.3) is 0 Å². The van der Waals surface area contributed by atoms with Gasteiger partial charge in [-0.25, -0.2) is 9.59 Å². The number of phenolic OH excluding ortho intramolecular Hbond substituents is 1. The first kappa shape index (κ1) is 116. The molecule has 1 saturated heterocycles. The lowest BCUT2D eigenvalue weighted by Crippen LogP contribution is -2.44. The molecule has 25 heteroatoms. The number of aliphatic hydroxyl groups is 5. The summed E-state index contributed by atoms with van der Waals surface area (Å²) in [7, 11) is 10.3. The number of aromatic hydroxyl groups is 1. The number of hydrogen-bond acceptors (Lipinski definition) is 16. The standard InChI is InChI=1S/C31H29BO3.C25H19BrO2.C25H17BrO.C14H11BrO3.C8H7BrO2.C6H5BrO.2C6H14O2.B2.B/c1-29(2)30(3,4)35-32(34-29)24-19-20-26-28(21-24)33-27-18-12-11-17-25(27)31(26,22-13-7-5-8-14-22)23-15-9-6-10-16-23;26-21-14-9-15-22(18-21)28-24-17-8-7-16-23(24)25(27,19-10-3-1-4-11-19)20-12-5-2-6-13-20;26-20-15-16-22-24(17-20)27-23-14-8-7-13-21(23)25(22,18-9-3-1-4-10-18)19-11-5-2-6-12-19;1-17-14(16)12-7-2-3-8-13(12)18-11-6-4-5-10(15)9-11;1-11-8(10)6-4-2-3-5-7(6)9;7-5-2-1-3-6(8)4-5;2*1-5(2,7)6(3,4)8;1-2;/h5-21H,1-4H3;1-18,27H;1-17H;2-9H,1H3;2-5H,1H3;1-4,8H;2*7-8H,1-4H3;;. The highest BCUT2D eigenvalue weighted by atomic mass is 79.9. The number of hydrogen-bond donors (Lipinski definition) is 6. The second kappa shape index (κ2) is 51.9. The van der Waals surface area contributed by atoms with Crippen LogP contribution in [0.2, 0.25) is 0 Å². The fourth-order valence-electron chi connectivity index (χ4n) is 15.6. The Bertz CT molecular complexity index is 6710. The first-order valence-corrected chi connectivity index (χ1v) is 50.6. The van der Waals surface area contributed by atoms with Crippen LogP contribution >= 0.6 is 79.6 Å². The molecule has 0 spiro atoms. The molecule has 0 amide bonds. The molecule has 146 heavy (non-hydrogen) atoms. The summed E-state index contributed by atoms with van der Waals surface area (Å²) in [6.07, 6.45) is 0. The molecule has 19 rings (SSSR count). The summed E-state index contributed by atoms with van der Waals surface area (Å²) in [5, 5.41) is 57.2. The second-order valence-electron chi connectivity index (χ2n) is 36.9. The first-order chi connectivity index (χ1) is 69.0. The predicted molar refractivity (Wildman–Crippen MR) is 604 cm³/mol. The summed E-state index contributed by atoms with van der Waals surface area (Å²) in [6.45, 7) is 20.9. The first-order valence-electron chi connectivity index (χ1n) is 46.6. The number of benzene rings is 16. The van der Waals surface area contributed by atoms with Crippen molar-refractivity contribution in [3.63, 3.8) is 0 Å². The van der Waals surface area contributed by atoms with Gasteiger partial charge in [-0.3, -0.25) is 0 Å². The van der Waals surface area contributed by atoms with Crippen LogP contribution in [0.15, 0.2) is 435 Å². The molecule has 0 saturated carbocycles. The number of carbonyl (C=O) groups is 2. The molecule has 1 fully saturated rings. The fraction of sp³-hybridized carbons (Fsp3) is 0.190. The van der Waals surface area contributed by atoms with Crippen molar-refractivity contribution in [2.75, 3.05) is 14.2 Å². The van der Waals surface area contributed by atoms with Gasteiger partial charge in [0.05, 0.1) is 64.2 Å². The van der Waals surface area contributed by atoms with Gasteiger partial charge in [0.1, 0.15) is 62.9 Å². The van der Waals surface area contributed by atoms with Crippen molar-refractivity contribution in [3.05, 3.63) is 507 Å². The van der Waals surface area contributed by atoms with E-state index in [0.29, 0.717) is 45.4 Å². The molecular weight excluding hydrogens is 2150 g/mol. The number of esters is 2. The molecule has 16 aromatic rings. The predicted octanol–water partition coefficient (Wildman–Crippen LogP) is 28.3. The molecule has 16 nitrogen and oxygen atoms in total. The highest BCUT2D eigenvalue weighted by Crippen LogP contribution is 2.58. The van der Waals surface area contributed by atoms with E-state index in [1.54, 1.807) is 116 Å². The number of carbonyl (C=O) groups excluding carboxylic acids is 2. The third kappa shape index (κ3) is 28.4. The molecule has 3 heterocycles. The van der Waals surface area contributed by atoms with Crippen molar-refractivity contribution in [1.82, 2.24) is 0 Å². The van der Waals surface area contributed by atoms with Gasteiger partial charge in [-0.05, 0) is 253 Å². The van der Waals surface area contributed by atoms with Crippen LogP contribution in [0, 0.1) is 0 Å². The fourth-order valence-corrected chi connectivity index (χ4v) is 17.5. The molecule has 6 N–H and O–H groups in total. The van der Waals surface area contributed by atoms with Crippen LogP contribution in [-0.2, 0) is 35.2 Å². The van der Waals surface area contributed by atoms with Gasteiger partial charge >= 0.3 is 19.1 Å². The average molecular weight is 2270 g/mol. The third-order valence-corrected chi connectivity index (χ3v) is 27.9. The van der Waals surface area contributed by atoms with Gasteiger partial charge in [0, 0.05) is 74.1 Å². The van der Waals surface area contributed by atoms with Gasteiger partial charge in [0.2, 0.25) is 0 Å². The van der Waals surface area contributed by atoms with Gasteiger partial charge in [0.25, 0.3) is 0 Å². The molecule has 3 aliphatic heterocycles. The van der Waals surface area contributed by atoms with Crippen LogP contribution < -0.4 is 24.4 Å². The molecule has 0 bridgehead atoms. The van der Waals surface area contributed by atoms with E-state index in [2.05, 4.69) is 322 Å². The topological polar surface area (TPSA) is 229 Å². The number of rotatable bonds is 16. The Hall–Kier alpha value is -12.2. The van der Waals surface area contributed by atoms with E-state index >= 15 is 0 Å². The van der Waals surface area contributed by atoms with Crippen molar-refractivity contribution >= 4 is 128 Å². The zero-order chi connectivity index (χ0) is 105. The Morgan fingerprint density at radius 1 is 0.322 bits per heavy atom. The molecule has 16 aromatic carbocycles. The van der Waals surface area contributed by atoms with Crippen molar-refractivity contribution in [2.45, 2.75) is 133 Å². The largest absolute Gasteiger partial charge is 0.508 e. The van der Waals surface area contributed by atoms with E-state index in [1.807, 2.05) is 158 Å². The lowest BCUT2D eigenvalue weighted by molar-refractivity contribution is -0.107. The molecular formula is C121H116B4Br5O16. The maximum absolute atomic E-state index is 12.0. The Labute approximate surface area is 904 Å². The van der Waals surface area contributed by atoms with Gasteiger partial charge < -0.3 is 68.4 Å². The third-order valence-electron chi connectivity index (χ3n) is 25.2. The smallest absolute Gasteiger partial charge is 0.494 e. The summed E-state index contributed by atoms with van der Waals surface area (Å²) in [4.78, 5) is 22.6. The molecule has 7 radical (unpaired) electrons. The highest BCUT2D eigenvalue weighted by Gasteiger charge is 2.53. The summed E-state index contributed by atoms with van der Waals surface area (Å²) in [5.74, 6) is 5.45. The van der Waals surface area contributed by atoms with Gasteiger partial charge in [-0.2, -0.15) is 0 Å². The summed E-state index contributed by atoms with van der Waals surface area (Å²) in [6, 6.07) is 135. The molecule has 0 aromatic heterocycles. The summed E-state index contributed by atoms with van der Waals surface area (Å²) >= 11 is 16.9. The number of halogens is 5. The van der Waals surface area contributed by atoms with Crippen LogP contribution in [0.4, 0.5) is 0 Å². The molecule has 743 valence electrons. The minimum atomic E-state index is -1.34. The molecule has 0 atom stereocenters. The normalized spacial score (nSPS) is 13.3. The quantitative estimate of drug-likeness (QED) is 0.0300. The maximum atomic E-state index is 12.0. The van der Waals surface area contributed by atoms with Gasteiger partial charge in [-0.15, -0.1) is 0 Å². The SMILES string of the molecule is Brc1ccc2c(c1)Oc1ccccc1C2(c1ccccc1)c1ccccc1.CC(C)(O)C(C)(C)O.CC(C)(O)C(C)(C)O.CC1(C)OB(c2ccc3c(c2)Oc2ccccc2C3(c2ccccc2)c2ccccc2)OC1(C)C.COC(=O)c1ccccc1Br.COC(=O)c1ccccc1Oc1cccc(Br)c1.OC(c1ccccc1)(c1ccccc1)c1ccccc1Oc1cccc(Br)c1.Oc1cccc(Br)c1.[B].[B][B]. The van der Waals surface area contributed by atoms with Gasteiger partial charge in [-0.1, -0.05) is 361 Å². The van der Waals surface area contributed by atoms with E-state index < -0.39 is 63.1 Å². The van der Waals surface area contributed by atoms with E-state index in [-0.39, 0.29) is 14.4 Å². The van der Waals surface area contributed by atoms with Gasteiger partial charge in [0.15, 0.2) is 0 Å². The van der Waals surface area contributed by atoms with Crippen molar-refractivity contribution < 1.29 is 78.0 Å². The maximum Gasteiger partial charge on any atom is 0.494 e. The summed E-state index contributed by atoms with van der Waals surface area (Å²) in [5.41, 5.74) is 6.47. The van der Waals surface area contributed by atoms with Crippen molar-refractivity contribution in [1.29, 1.82) is 0 Å². The minimum absolute atomic E-state index is 0. The molecule has 3 aliphatic rings. The number of ether oxygens (including phenoxy) is 6. The number of para-hydroxylation sites is 4. The Morgan fingerprint density at radius 2 is 0.637 bits per heavy atom.